The van der Waals surface area contributed by atoms with Crippen LogP contribution in [0, 0.1) is 5.92 Å². The minimum absolute atomic E-state index is 0.0595. The van der Waals surface area contributed by atoms with Crippen LogP contribution in [0.4, 0.5) is 0 Å². The molecule has 1 aromatic carbocycles. The number of carboxylic acid groups (broad SMARTS) is 1. The zero-order valence-corrected chi connectivity index (χ0v) is 12.3. The highest BCUT2D eigenvalue weighted by Gasteiger charge is 2.51. The van der Waals surface area contributed by atoms with E-state index in [0.29, 0.717) is 12.2 Å². The van der Waals surface area contributed by atoms with E-state index >= 15 is 0 Å². The van der Waals surface area contributed by atoms with Crippen LogP contribution in [0.1, 0.15) is 5.56 Å². The summed E-state index contributed by atoms with van der Waals surface area (Å²) in [5, 5.41) is 9.07. The van der Waals surface area contributed by atoms with Gasteiger partial charge in [-0.15, -0.1) is 11.8 Å². The first-order valence-corrected chi connectivity index (χ1v) is 7.67. The van der Waals surface area contributed by atoms with E-state index in [1.54, 1.807) is 24.9 Å². The number of benzene rings is 1. The summed E-state index contributed by atoms with van der Waals surface area (Å²) in [5.74, 6) is 0.137. The van der Waals surface area contributed by atoms with E-state index in [1.807, 2.05) is 24.3 Å². The van der Waals surface area contributed by atoms with Gasteiger partial charge in [0.25, 0.3) is 0 Å². The van der Waals surface area contributed by atoms with Crippen LogP contribution < -0.4 is 4.74 Å². The summed E-state index contributed by atoms with van der Waals surface area (Å²) in [6, 6.07) is 7.62. The molecule has 1 unspecified atom stereocenters. The second-order valence-electron chi connectivity index (χ2n) is 4.99. The maximum Gasteiger partial charge on any atom is 0.352 e. The molecule has 1 saturated heterocycles. The molecule has 110 valence electrons. The van der Waals surface area contributed by atoms with Gasteiger partial charge in [0.2, 0.25) is 5.91 Å². The number of ether oxygens (including phenoxy) is 1. The van der Waals surface area contributed by atoms with Crippen molar-refractivity contribution in [3.63, 3.8) is 0 Å². The third kappa shape index (κ3) is 2.40. The molecular formula is C15H15NO4S. The predicted octanol–water partition coefficient (Wildman–Crippen LogP) is 1.74. The number of nitrogens with zero attached hydrogens (tertiary/aromatic N) is 1. The smallest absolute Gasteiger partial charge is 0.352 e. The van der Waals surface area contributed by atoms with E-state index in [9.17, 15) is 9.59 Å². The molecule has 6 heteroatoms. The highest BCUT2D eigenvalue weighted by atomic mass is 32.2. The van der Waals surface area contributed by atoms with E-state index in [0.717, 1.165) is 11.3 Å². The fourth-order valence-corrected chi connectivity index (χ4v) is 3.95. The predicted molar refractivity (Wildman–Crippen MR) is 79.0 cm³/mol. The Kier molecular flexibility index (Phi) is 3.63. The maximum atomic E-state index is 12.2. The summed E-state index contributed by atoms with van der Waals surface area (Å²) in [7, 11) is 1.61. The molecule has 1 fully saturated rings. The number of hydrogen-bond donors (Lipinski definition) is 1. The summed E-state index contributed by atoms with van der Waals surface area (Å²) in [4.78, 5) is 24.8. The number of β-lactam (4-membered cyclic amide) rings is 1. The Morgan fingerprint density at radius 3 is 2.76 bits per heavy atom. The fraction of sp³-hybridized carbons (Fsp3) is 0.333. The van der Waals surface area contributed by atoms with Gasteiger partial charge < -0.3 is 9.84 Å². The SMILES string of the molecule is COc1ccc(CC2C(=O)N3C(C(=O)O)=CCS[C@@H]23)cc1. The number of amides is 1. The molecule has 21 heavy (non-hydrogen) atoms. The number of hydrogen-bond acceptors (Lipinski definition) is 4. The molecule has 2 atom stereocenters. The van der Waals surface area contributed by atoms with E-state index in [4.69, 9.17) is 9.84 Å². The van der Waals surface area contributed by atoms with Crippen molar-refractivity contribution in [1.82, 2.24) is 4.90 Å². The molecule has 3 rings (SSSR count). The van der Waals surface area contributed by atoms with Gasteiger partial charge in [-0.1, -0.05) is 12.1 Å². The van der Waals surface area contributed by atoms with Crippen LogP contribution in [0.5, 0.6) is 5.75 Å². The topological polar surface area (TPSA) is 66.8 Å². The zero-order chi connectivity index (χ0) is 15.0. The molecule has 0 bridgehead atoms. The Hall–Kier alpha value is -1.95. The number of carboxylic acids is 1. The van der Waals surface area contributed by atoms with Crippen LogP contribution in [0.15, 0.2) is 36.0 Å². The lowest BCUT2D eigenvalue weighted by Crippen LogP contribution is -2.61. The minimum atomic E-state index is -1.03. The van der Waals surface area contributed by atoms with Crippen LogP contribution in [0.3, 0.4) is 0 Å². The molecule has 1 N–H and O–H groups in total. The second kappa shape index (κ2) is 5.44. The van der Waals surface area contributed by atoms with Gasteiger partial charge in [-0.3, -0.25) is 9.69 Å². The third-order valence-corrected chi connectivity index (χ3v) is 5.03. The molecule has 1 amide bonds. The number of carbonyl (C=O) groups excluding carboxylic acids is 1. The molecule has 0 saturated carbocycles. The van der Waals surface area contributed by atoms with Crippen molar-refractivity contribution in [3.8, 4) is 5.75 Å². The molecule has 0 aromatic heterocycles. The van der Waals surface area contributed by atoms with E-state index in [-0.39, 0.29) is 22.9 Å². The molecule has 1 aromatic rings. The summed E-state index contributed by atoms with van der Waals surface area (Å²) in [5.41, 5.74) is 1.18. The Morgan fingerprint density at radius 2 is 2.14 bits per heavy atom. The van der Waals surface area contributed by atoms with Gasteiger partial charge in [-0.2, -0.15) is 0 Å². The monoisotopic (exact) mass is 305 g/mol. The van der Waals surface area contributed by atoms with Crippen molar-refractivity contribution in [2.75, 3.05) is 12.9 Å². The van der Waals surface area contributed by atoms with Crippen molar-refractivity contribution in [2.45, 2.75) is 11.8 Å². The molecule has 5 nitrogen and oxygen atoms in total. The normalized spacial score (nSPS) is 24.0. The van der Waals surface area contributed by atoms with E-state index in [1.165, 1.54) is 4.90 Å². The van der Waals surface area contributed by atoms with Crippen molar-refractivity contribution in [3.05, 3.63) is 41.6 Å². The Morgan fingerprint density at radius 1 is 1.43 bits per heavy atom. The lowest BCUT2D eigenvalue weighted by atomic mass is 9.89. The molecule has 0 aliphatic carbocycles. The van der Waals surface area contributed by atoms with Gasteiger partial charge in [0.05, 0.1) is 18.4 Å². The highest BCUT2D eigenvalue weighted by Crippen LogP contribution is 2.42. The first kappa shape index (κ1) is 14.0. The Labute approximate surface area is 126 Å². The molecule has 2 aliphatic heterocycles. The van der Waals surface area contributed by atoms with Gasteiger partial charge >= 0.3 is 5.97 Å². The number of aliphatic carboxylic acids is 1. The maximum absolute atomic E-state index is 12.2. The summed E-state index contributed by atoms with van der Waals surface area (Å²) in [6.45, 7) is 0. The lowest BCUT2D eigenvalue weighted by Gasteiger charge is -2.48. The second-order valence-corrected chi connectivity index (χ2v) is 6.13. The van der Waals surface area contributed by atoms with Crippen LogP contribution in [0.25, 0.3) is 0 Å². The number of fused-ring (bicyclic) bond motifs is 1. The summed E-state index contributed by atoms with van der Waals surface area (Å²) in [6.07, 6.45) is 2.23. The standard InChI is InChI=1S/C15H15NO4S/c1-20-10-4-2-9(3-5-10)8-11-13(17)16-12(15(18)19)6-7-21-14(11)16/h2-6,11,14H,7-8H2,1H3,(H,18,19)/t11?,14-/m0/s1. The zero-order valence-electron chi connectivity index (χ0n) is 11.5. The third-order valence-electron chi connectivity index (χ3n) is 3.79. The highest BCUT2D eigenvalue weighted by molar-refractivity contribution is 8.00. The molecule has 0 radical (unpaired) electrons. The lowest BCUT2D eigenvalue weighted by molar-refractivity contribution is -0.152. The van der Waals surface area contributed by atoms with E-state index in [2.05, 4.69) is 0 Å². The average molecular weight is 305 g/mol. The van der Waals surface area contributed by atoms with Crippen molar-refractivity contribution >= 4 is 23.6 Å². The van der Waals surface area contributed by atoms with Gasteiger partial charge in [0.1, 0.15) is 11.4 Å². The quantitative estimate of drug-likeness (QED) is 0.858. The summed E-state index contributed by atoms with van der Waals surface area (Å²) < 4.78 is 5.11. The van der Waals surface area contributed by atoms with Crippen LogP contribution in [-0.2, 0) is 16.0 Å². The van der Waals surface area contributed by atoms with Crippen molar-refractivity contribution in [2.24, 2.45) is 5.92 Å². The van der Waals surface area contributed by atoms with Gasteiger partial charge in [0, 0.05) is 5.75 Å². The largest absolute Gasteiger partial charge is 0.497 e. The van der Waals surface area contributed by atoms with Gasteiger partial charge in [0.15, 0.2) is 0 Å². The Bertz CT molecular complexity index is 611. The van der Waals surface area contributed by atoms with Crippen LogP contribution in [0.2, 0.25) is 0 Å². The molecule has 2 heterocycles. The van der Waals surface area contributed by atoms with Crippen LogP contribution >= 0.6 is 11.8 Å². The summed E-state index contributed by atoms with van der Waals surface area (Å²) >= 11 is 1.61. The van der Waals surface area contributed by atoms with Gasteiger partial charge in [-0.05, 0) is 30.2 Å². The first-order chi connectivity index (χ1) is 10.1. The number of rotatable bonds is 4. The number of carbonyl (C=O) groups is 2. The number of thioether (sulfide) groups is 1. The van der Waals surface area contributed by atoms with Crippen LogP contribution in [-0.4, -0.2) is 40.1 Å². The molecule has 0 spiro atoms. The first-order valence-electron chi connectivity index (χ1n) is 6.63. The molecular weight excluding hydrogens is 290 g/mol. The number of methoxy groups -OCH3 is 1. The molecule has 2 aliphatic rings. The van der Waals surface area contributed by atoms with Crippen molar-refractivity contribution < 1.29 is 19.4 Å². The Balaban J connectivity index is 1.72. The minimum Gasteiger partial charge on any atom is -0.497 e. The fourth-order valence-electron chi connectivity index (χ4n) is 2.69. The van der Waals surface area contributed by atoms with E-state index < -0.39 is 5.97 Å². The van der Waals surface area contributed by atoms with Crippen molar-refractivity contribution in [1.29, 1.82) is 0 Å². The average Bonchev–Trinajstić information content (AvgIpc) is 2.52. The van der Waals surface area contributed by atoms with Gasteiger partial charge in [-0.25, -0.2) is 4.79 Å².